The Morgan fingerprint density at radius 2 is 1.85 bits per heavy atom. The molecule has 0 spiro atoms. The van der Waals surface area contributed by atoms with Gasteiger partial charge in [0.25, 0.3) is 0 Å². The van der Waals surface area contributed by atoms with Gasteiger partial charge in [0, 0.05) is 24.8 Å². The molecule has 0 unspecified atom stereocenters. The van der Waals surface area contributed by atoms with Crippen LogP contribution in [0.25, 0.3) is 0 Å². The van der Waals surface area contributed by atoms with Crippen LogP contribution >= 0.6 is 12.2 Å². The largest absolute Gasteiger partial charge is 0.389 e. The molecule has 0 aliphatic rings. The number of hydrogen-bond donors (Lipinski definition) is 1. The predicted molar refractivity (Wildman–Crippen MR) is 90.4 cm³/mol. The van der Waals surface area contributed by atoms with Gasteiger partial charge in [0.05, 0.1) is 0 Å². The van der Waals surface area contributed by atoms with Crippen molar-refractivity contribution in [2.75, 3.05) is 37.6 Å². The first-order valence-corrected chi connectivity index (χ1v) is 7.76. The van der Waals surface area contributed by atoms with Crippen LogP contribution < -0.4 is 10.6 Å². The molecular weight excluding hydrogens is 268 g/mol. The maximum absolute atomic E-state index is 5.59. The number of hydrogen-bond acceptors (Lipinski definition) is 4. The Bertz CT molecular complexity index is 401. The molecular formula is C15H26N4S. The third kappa shape index (κ3) is 5.06. The van der Waals surface area contributed by atoms with E-state index in [1.54, 1.807) is 6.20 Å². The number of pyridine rings is 1. The SMILES string of the molecule is CCN(CC)CCCN(CC)c1ccc(C(N)=S)cn1. The van der Waals surface area contributed by atoms with Crippen molar-refractivity contribution in [3.05, 3.63) is 23.9 Å². The van der Waals surface area contributed by atoms with Crippen molar-refractivity contribution in [3.8, 4) is 0 Å². The van der Waals surface area contributed by atoms with Gasteiger partial charge in [-0.2, -0.15) is 0 Å². The molecule has 0 atom stereocenters. The third-order valence-electron chi connectivity index (χ3n) is 3.53. The lowest BCUT2D eigenvalue weighted by Crippen LogP contribution is -2.30. The average Bonchev–Trinajstić information content (AvgIpc) is 2.48. The summed E-state index contributed by atoms with van der Waals surface area (Å²) in [5.41, 5.74) is 6.41. The van der Waals surface area contributed by atoms with Gasteiger partial charge in [-0.1, -0.05) is 26.1 Å². The first-order valence-electron chi connectivity index (χ1n) is 7.35. The fraction of sp³-hybridized carbons (Fsp3) is 0.600. The molecule has 0 radical (unpaired) electrons. The summed E-state index contributed by atoms with van der Waals surface area (Å²) >= 11 is 4.94. The minimum absolute atomic E-state index is 0.397. The van der Waals surface area contributed by atoms with Gasteiger partial charge in [-0.05, 0) is 45.1 Å². The van der Waals surface area contributed by atoms with Gasteiger partial charge in [0.15, 0.2) is 0 Å². The van der Waals surface area contributed by atoms with E-state index < -0.39 is 0 Å². The quantitative estimate of drug-likeness (QED) is 0.708. The van der Waals surface area contributed by atoms with Gasteiger partial charge >= 0.3 is 0 Å². The van der Waals surface area contributed by atoms with Gasteiger partial charge in [-0.3, -0.25) is 0 Å². The molecule has 0 aromatic carbocycles. The lowest BCUT2D eigenvalue weighted by atomic mass is 10.2. The summed E-state index contributed by atoms with van der Waals surface area (Å²) in [6, 6.07) is 3.94. The molecule has 1 aromatic heterocycles. The molecule has 0 amide bonds. The minimum atomic E-state index is 0.397. The van der Waals surface area contributed by atoms with Crippen molar-refractivity contribution >= 4 is 23.0 Å². The highest BCUT2D eigenvalue weighted by atomic mass is 32.1. The molecule has 2 N–H and O–H groups in total. The van der Waals surface area contributed by atoms with E-state index in [0.717, 1.165) is 50.5 Å². The van der Waals surface area contributed by atoms with Crippen LogP contribution in [0.1, 0.15) is 32.8 Å². The summed E-state index contributed by atoms with van der Waals surface area (Å²) < 4.78 is 0. The van der Waals surface area contributed by atoms with Crippen LogP contribution in [0.3, 0.4) is 0 Å². The van der Waals surface area contributed by atoms with Crippen LogP contribution in [-0.4, -0.2) is 47.6 Å². The average molecular weight is 294 g/mol. The topological polar surface area (TPSA) is 45.4 Å². The van der Waals surface area contributed by atoms with E-state index in [0.29, 0.717) is 4.99 Å². The first kappa shape index (κ1) is 16.9. The zero-order valence-electron chi connectivity index (χ0n) is 12.8. The molecule has 0 bridgehead atoms. The Morgan fingerprint density at radius 1 is 1.15 bits per heavy atom. The van der Waals surface area contributed by atoms with Crippen molar-refractivity contribution in [1.29, 1.82) is 0 Å². The smallest absolute Gasteiger partial charge is 0.128 e. The molecule has 0 aliphatic carbocycles. The Kier molecular flexibility index (Phi) is 7.47. The Hall–Kier alpha value is -1.20. The van der Waals surface area contributed by atoms with Crippen LogP contribution in [0.4, 0.5) is 5.82 Å². The van der Waals surface area contributed by atoms with E-state index in [9.17, 15) is 0 Å². The van der Waals surface area contributed by atoms with Crippen molar-refractivity contribution in [2.24, 2.45) is 5.73 Å². The van der Waals surface area contributed by atoms with Gasteiger partial charge in [0.2, 0.25) is 0 Å². The van der Waals surface area contributed by atoms with Crippen molar-refractivity contribution in [3.63, 3.8) is 0 Å². The van der Waals surface area contributed by atoms with E-state index in [1.165, 1.54) is 0 Å². The van der Waals surface area contributed by atoms with Crippen LogP contribution in [0.2, 0.25) is 0 Å². The molecule has 5 heteroatoms. The number of rotatable bonds is 9. The molecule has 0 fully saturated rings. The van der Waals surface area contributed by atoms with E-state index in [1.807, 2.05) is 12.1 Å². The van der Waals surface area contributed by atoms with Crippen molar-refractivity contribution < 1.29 is 0 Å². The molecule has 1 aromatic rings. The molecule has 0 saturated heterocycles. The standard InChI is InChI=1S/C15H26N4S/c1-4-18(5-2)10-7-11-19(6-3)14-9-8-13(12-17-14)15(16)20/h8-9,12H,4-7,10-11H2,1-3H3,(H2,16,20). The van der Waals surface area contributed by atoms with Crippen molar-refractivity contribution in [2.45, 2.75) is 27.2 Å². The number of nitrogens with zero attached hydrogens (tertiary/aromatic N) is 3. The molecule has 20 heavy (non-hydrogen) atoms. The highest BCUT2D eigenvalue weighted by Gasteiger charge is 2.07. The fourth-order valence-corrected chi connectivity index (χ4v) is 2.30. The second-order valence-corrected chi connectivity index (χ2v) is 5.17. The zero-order valence-corrected chi connectivity index (χ0v) is 13.6. The van der Waals surface area contributed by atoms with Gasteiger partial charge in [-0.15, -0.1) is 0 Å². The maximum Gasteiger partial charge on any atom is 0.128 e. The summed E-state index contributed by atoms with van der Waals surface area (Å²) in [6.45, 7) is 11.9. The minimum Gasteiger partial charge on any atom is -0.389 e. The lowest BCUT2D eigenvalue weighted by Gasteiger charge is -2.24. The van der Waals surface area contributed by atoms with Gasteiger partial charge in [-0.25, -0.2) is 4.98 Å². The highest BCUT2D eigenvalue weighted by molar-refractivity contribution is 7.80. The zero-order chi connectivity index (χ0) is 15.0. The van der Waals surface area contributed by atoms with Crippen LogP contribution in [0.15, 0.2) is 18.3 Å². The second-order valence-electron chi connectivity index (χ2n) is 4.73. The highest BCUT2D eigenvalue weighted by Crippen LogP contribution is 2.12. The van der Waals surface area contributed by atoms with Crippen LogP contribution in [0, 0.1) is 0 Å². The predicted octanol–water partition coefficient (Wildman–Crippen LogP) is 2.27. The normalized spacial score (nSPS) is 10.8. The van der Waals surface area contributed by atoms with Gasteiger partial charge < -0.3 is 15.5 Å². The second kappa shape index (κ2) is 8.87. The van der Waals surface area contributed by atoms with E-state index in [2.05, 4.69) is 35.6 Å². The van der Waals surface area contributed by atoms with E-state index in [-0.39, 0.29) is 0 Å². The van der Waals surface area contributed by atoms with E-state index >= 15 is 0 Å². The lowest BCUT2D eigenvalue weighted by molar-refractivity contribution is 0.300. The van der Waals surface area contributed by atoms with E-state index in [4.69, 9.17) is 18.0 Å². The molecule has 1 rings (SSSR count). The molecule has 0 saturated carbocycles. The number of anilines is 1. The first-order chi connectivity index (χ1) is 9.62. The summed E-state index contributed by atoms with van der Waals surface area (Å²) in [4.78, 5) is 9.58. The Balaban J connectivity index is 2.55. The number of nitrogens with two attached hydrogens (primary N) is 1. The number of thiocarbonyl (C=S) groups is 1. The summed E-state index contributed by atoms with van der Waals surface area (Å²) in [6.07, 6.45) is 2.90. The van der Waals surface area contributed by atoms with Crippen LogP contribution in [-0.2, 0) is 0 Å². The van der Waals surface area contributed by atoms with Crippen molar-refractivity contribution in [1.82, 2.24) is 9.88 Å². The molecule has 112 valence electrons. The van der Waals surface area contributed by atoms with Gasteiger partial charge in [0.1, 0.15) is 10.8 Å². The number of aromatic nitrogens is 1. The fourth-order valence-electron chi connectivity index (χ4n) is 2.18. The Morgan fingerprint density at radius 3 is 2.30 bits per heavy atom. The maximum atomic E-state index is 5.59. The molecule has 0 aliphatic heterocycles. The molecule has 4 nitrogen and oxygen atoms in total. The summed E-state index contributed by atoms with van der Waals surface area (Å²) in [5, 5.41) is 0. The molecule has 1 heterocycles. The van der Waals surface area contributed by atoms with Crippen LogP contribution in [0.5, 0.6) is 0 Å². The summed E-state index contributed by atoms with van der Waals surface area (Å²) in [5.74, 6) is 0.993. The monoisotopic (exact) mass is 294 g/mol. The Labute approximate surface area is 128 Å². The summed E-state index contributed by atoms with van der Waals surface area (Å²) in [7, 11) is 0. The third-order valence-corrected chi connectivity index (χ3v) is 3.77.